The Morgan fingerprint density at radius 1 is 0.865 bits per heavy atom. The molecule has 0 bridgehead atoms. The third-order valence-corrected chi connectivity index (χ3v) is 5.81. The summed E-state index contributed by atoms with van der Waals surface area (Å²) in [5.41, 5.74) is 3.87. The molecule has 37 heavy (non-hydrogen) atoms. The number of methoxy groups -OCH3 is 1. The van der Waals surface area contributed by atoms with Crippen molar-refractivity contribution in [3.05, 3.63) is 131 Å². The van der Waals surface area contributed by atoms with E-state index in [4.69, 9.17) is 9.47 Å². The number of aromatic nitrogens is 1. The van der Waals surface area contributed by atoms with E-state index in [1.165, 1.54) is 12.1 Å². The Morgan fingerprint density at radius 3 is 2.32 bits per heavy atom. The minimum Gasteiger partial charge on any atom is -0.497 e. The van der Waals surface area contributed by atoms with Gasteiger partial charge in [0.15, 0.2) is 0 Å². The Kier molecular flexibility index (Phi) is 9.02. The van der Waals surface area contributed by atoms with E-state index in [1.807, 2.05) is 60.7 Å². The topological polar surface area (TPSA) is 51.7 Å². The van der Waals surface area contributed by atoms with Crippen LogP contribution in [0, 0.1) is 5.82 Å². The number of carbonyl (C=O) groups excluding carboxylic acids is 1. The van der Waals surface area contributed by atoms with Gasteiger partial charge in [0.2, 0.25) is 5.91 Å². The molecule has 0 aliphatic rings. The highest BCUT2D eigenvalue weighted by atomic mass is 19.1. The van der Waals surface area contributed by atoms with Crippen LogP contribution in [-0.2, 0) is 24.3 Å². The van der Waals surface area contributed by atoms with Crippen molar-refractivity contribution in [1.29, 1.82) is 0 Å². The van der Waals surface area contributed by atoms with Crippen molar-refractivity contribution in [2.24, 2.45) is 0 Å². The molecule has 1 aromatic heterocycles. The first-order valence-electron chi connectivity index (χ1n) is 12.1. The average Bonchev–Trinajstić information content (AvgIpc) is 2.93. The summed E-state index contributed by atoms with van der Waals surface area (Å²) < 4.78 is 24.2. The fourth-order valence-electron chi connectivity index (χ4n) is 3.80. The molecule has 0 unspecified atom stereocenters. The lowest BCUT2D eigenvalue weighted by atomic mass is 10.1. The van der Waals surface area contributed by atoms with Crippen LogP contribution in [0.15, 0.2) is 103 Å². The zero-order valence-electron chi connectivity index (χ0n) is 20.7. The van der Waals surface area contributed by atoms with E-state index in [9.17, 15) is 9.18 Å². The van der Waals surface area contributed by atoms with Crippen molar-refractivity contribution in [3.8, 4) is 11.5 Å². The maximum absolute atomic E-state index is 13.2. The second-order valence-electron chi connectivity index (χ2n) is 8.53. The first kappa shape index (κ1) is 25.6. The summed E-state index contributed by atoms with van der Waals surface area (Å²) in [6.45, 7) is 1.34. The number of amides is 1. The quantitative estimate of drug-likeness (QED) is 0.236. The maximum atomic E-state index is 13.2. The predicted molar refractivity (Wildman–Crippen MR) is 143 cm³/mol. The number of ether oxygens (including phenoxy) is 2. The molecule has 1 heterocycles. The lowest BCUT2D eigenvalue weighted by Crippen LogP contribution is -2.28. The smallest absolute Gasteiger partial charge is 0.247 e. The number of pyridine rings is 1. The largest absolute Gasteiger partial charge is 0.497 e. The molecule has 0 radical (unpaired) electrons. The number of hydrogen-bond acceptors (Lipinski definition) is 4. The van der Waals surface area contributed by atoms with E-state index in [1.54, 1.807) is 48.7 Å². The Morgan fingerprint density at radius 2 is 1.59 bits per heavy atom. The summed E-state index contributed by atoms with van der Waals surface area (Å²) in [6.07, 6.45) is 7.51. The second-order valence-corrected chi connectivity index (χ2v) is 8.53. The monoisotopic (exact) mass is 496 g/mol. The Balaban J connectivity index is 1.43. The molecule has 5 nitrogen and oxygen atoms in total. The molecule has 3 aromatic carbocycles. The van der Waals surface area contributed by atoms with Gasteiger partial charge in [0.25, 0.3) is 0 Å². The second kappa shape index (κ2) is 13.0. The normalized spacial score (nSPS) is 10.9. The molecule has 0 N–H and O–H groups in total. The molecule has 4 rings (SSSR count). The van der Waals surface area contributed by atoms with Gasteiger partial charge in [-0.2, -0.15) is 0 Å². The molecule has 0 spiro atoms. The van der Waals surface area contributed by atoms with Gasteiger partial charge in [-0.3, -0.25) is 9.78 Å². The van der Waals surface area contributed by atoms with Crippen LogP contribution in [0.1, 0.15) is 22.3 Å². The Bertz CT molecular complexity index is 1310. The van der Waals surface area contributed by atoms with Crippen molar-refractivity contribution < 1.29 is 18.7 Å². The summed E-state index contributed by atoms with van der Waals surface area (Å²) in [5, 5.41) is 0. The average molecular weight is 497 g/mol. The van der Waals surface area contributed by atoms with Crippen LogP contribution < -0.4 is 9.47 Å². The molecular formula is C31H29FN2O3. The highest BCUT2D eigenvalue weighted by Gasteiger charge is 2.13. The zero-order valence-corrected chi connectivity index (χ0v) is 20.7. The Labute approximate surface area is 216 Å². The molecular weight excluding hydrogens is 467 g/mol. The molecule has 0 fully saturated rings. The minimum atomic E-state index is -0.248. The van der Waals surface area contributed by atoms with Gasteiger partial charge in [-0.1, -0.05) is 36.4 Å². The summed E-state index contributed by atoms with van der Waals surface area (Å²) >= 11 is 0. The van der Waals surface area contributed by atoms with Gasteiger partial charge in [-0.25, -0.2) is 4.39 Å². The maximum Gasteiger partial charge on any atom is 0.247 e. The van der Waals surface area contributed by atoms with Crippen molar-refractivity contribution in [1.82, 2.24) is 9.88 Å². The zero-order chi connectivity index (χ0) is 25.9. The first-order chi connectivity index (χ1) is 18.1. The van der Waals surface area contributed by atoms with Crippen molar-refractivity contribution >= 4 is 12.0 Å². The van der Waals surface area contributed by atoms with Gasteiger partial charge in [0, 0.05) is 38.0 Å². The van der Waals surface area contributed by atoms with E-state index in [-0.39, 0.29) is 11.7 Å². The molecule has 0 atom stereocenters. The lowest BCUT2D eigenvalue weighted by Gasteiger charge is -2.22. The Hall–Kier alpha value is -4.45. The van der Waals surface area contributed by atoms with Gasteiger partial charge < -0.3 is 14.4 Å². The molecule has 0 aliphatic heterocycles. The standard InChI is InChI=1S/C31H29FN2O3/c1-36-29-12-7-24(8-13-29)9-14-31(35)34(22-26-15-18-33-19-16-26)23-27-3-2-4-30(21-27)37-20-17-25-5-10-28(32)11-6-25/h2-16,18-19,21H,17,20,22-23H2,1H3. The van der Waals surface area contributed by atoms with Gasteiger partial charge in [0.05, 0.1) is 13.7 Å². The number of nitrogens with zero attached hydrogens (tertiary/aromatic N) is 2. The fraction of sp³-hybridized carbons (Fsp3) is 0.161. The highest BCUT2D eigenvalue weighted by molar-refractivity contribution is 5.91. The van der Waals surface area contributed by atoms with E-state index in [2.05, 4.69) is 4.98 Å². The number of halogens is 1. The van der Waals surface area contributed by atoms with E-state index >= 15 is 0 Å². The molecule has 6 heteroatoms. The van der Waals surface area contributed by atoms with Gasteiger partial charge in [-0.15, -0.1) is 0 Å². The number of carbonyl (C=O) groups is 1. The van der Waals surface area contributed by atoms with E-state index < -0.39 is 0 Å². The minimum absolute atomic E-state index is 0.102. The summed E-state index contributed by atoms with van der Waals surface area (Å²) in [5.74, 6) is 1.14. The van der Waals surface area contributed by atoms with Gasteiger partial charge in [0.1, 0.15) is 17.3 Å². The number of benzene rings is 3. The summed E-state index contributed by atoms with van der Waals surface area (Å²) in [4.78, 5) is 19.1. The fourth-order valence-corrected chi connectivity index (χ4v) is 3.80. The van der Waals surface area contributed by atoms with Gasteiger partial charge in [-0.05, 0) is 76.9 Å². The molecule has 0 saturated heterocycles. The van der Waals surface area contributed by atoms with Crippen LogP contribution in [0.2, 0.25) is 0 Å². The van der Waals surface area contributed by atoms with Crippen LogP contribution in [0.3, 0.4) is 0 Å². The van der Waals surface area contributed by atoms with Crippen LogP contribution >= 0.6 is 0 Å². The van der Waals surface area contributed by atoms with Crippen LogP contribution in [0.25, 0.3) is 6.08 Å². The number of rotatable bonds is 11. The lowest BCUT2D eigenvalue weighted by molar-refractivity contribution is -0.127. The summed E-state index contributed by atoms with van der Waals surface area (Å²) in [6, 6.07) is 25.5. The third-order valence-electron chi connectivity index (χ3n) is 5.81. The highest BCUT2D eigenvalue weighted by Crippen LogP contribution is 2.18. The molecule has 1 amide bonds. The van der Waals surface area contributed by atoms with Crippen molar-refractivity contribution in [2.45, 2.75) is 19.5 Å². The molecule has 4 aromatic rings. The molecule has 188 valence electrons. The first-order valence-corrected chi connectivity index (χ1v) is 12.1. The third kappa shape index (κ3) is 8.04. The van der Waals surface area contributed by atoms with E-state index in [0.29, 0.717) is 26.1 Å². The SMILES string of the molecule is COc1ccc(C=CC(=O)N(Cc2ccncc2)Cc2cccc(OCCc3ccc(F)cc3)c2)cc1. The summed E-state index contributed by atoms with van der Waals surface area (Å²) in [7, 11) is 1.62. The molecule has 0 saturated carbocycles. The van der Waals surface area contributed by atoms with Gasteiger partial charge >= 0.3 is 0 Å². The number of hydrogen-bond donors (Lipinski definition) is 0. The van der Waals surface area contributed by atoms with Crippen LogP contribution in [-0.4, -0.2) is 29.5 Å². The van der Waals surface area contributed by atoms with E-state index in [0.717, 1.165) is 33.8 Å². The van der Waals surface area contributed by atoms with Crippen molar-refractivity contribution in [3.63, 3.8) is 0 Å². The van der Waals surface area contributed by atoms with Crippen LogP contribution in [0.5, 0.6) is 11.5 Å². The van der Waals surface area contributed by atoms with Crippen LogP contribution in [0.4, 0.5) is 4.39 Å². The predicted octanol–water partition coefficient (Wildman–Crippen LogP) is 6.09. The van der Waals surface area contributed by atoms with Crippen molar-refractivity contribution in [2.75, 3.05) is 13.7 Å². The molecule has 0 aliphatic carbocycles.